The Labute approximate surface area is 104 Å². The van der Waals surface area contributed by atoms with Crippen LogP contribution in [0.3, 0.4) is 0 Å². The topological polar surface area (TPSA) is 87.4 Å². The van der Waals surface area contributed by atoms with Crippen LogP contribution in [0.4, 0.5) is 0 Å². The predicted octanol–water partition coefficient (Wildman–Crippen LogP) is 1.59. The average molecular weight is 245 g/mol. The summed E-state index contributed by atoms with van der Waals surface area (Å²) in [5, 5.41) is 18.3. The Hall–Kier alpha value is -2.61. The highest BCUT2D eigenvalue weighted by molar-refractivity contribution is 6.39. The van der Waals surface area contributed by atoms with Crippen LogP contribution in [0.5, 0.6) is 0 Å². The summed E-state index contributed by atoms with van der Waals surface area (Å²) in [5.74, 6) is -2.36. The minimum atomic E-state index is -1.03. The number of aliphatic hydroxyl groups is 1. The molecule has 5 nitrogen and oxygen atoms in total. The molecule has 0 saturated carbocycles. The molecular formula is C13H11NO4. The molecule has 1 aromatic rings. The molecule has 0 aliphatic rings. The van der Waals surface area contributed by atoms with E-state index in [0.717, 1.165) is 6.08 Å². The summed E-state index contributed by atoms with van der Waals surface area (Å²) in [6.07, 6.45) is 0.772. The van der Waals surface area contributed by atoms with Crippen molar-refractivity contribution in [3.63, 3.8) is 0 Å². The highest BCUT2D eigenvalue weighted by Gasteiger charge is 2.13. The van der Waals surface area contributed by atoms with Gasteiger partial charge in [0.05, 0.1) is 18.2 Å². The van der Waals surface area contributed by atoms with E-state index in [0.29, 0.717) is 5.56 Å². The Morgan fingerprint density at radius 3 is 2.83 bits per heavy atom. The highest BCUT2D eigenvalue weighted by Crippen LogP contribution is 2.13. The van der Waals surface area contributed by atoms with Crippen LogP contribution in [0, 0.1) is 11.3 Å². The molecule has 0 spiro atoms. The molecule has 0 atom stereocenters. The number of nitriles is 1. The van der Waals surface area contributed by atoms with Crippen molar-refractivity contribution in [2.75, 3.05) is 6.61 Å². The second-order valence-corrected chi connectivity index (χ2v) is 3.31. The molecule has 5 heteroatoms. The Morgan fingerprint density at radius 2 is 2.22 bits per heavy atom. The van der Waals surface area contributed by atoms with Gasteiger partial charge in [0.2, 0.25) is 0 Å². The lowest BCUT2D eigenvalue weighted by molar-refractivity contribution is -0.151. The number of carbonyl (C=O) groups is 2. The van der Waals surface area contributed by atoms with Gasteiger partial charge in [-0.1, -0.05) is 12.1 Å². The van der Waals surface area contributed by atoms with Gasteiger partial charge < -0.3 is 9.84 Å². The minimum absolute atomic E-state index is 0.0864. The van der Waals surface area contributed by atoms with Gasteiger partial charge in [0, 0.05) is 11.6 Å². The summed E-state index contributed by atoms with van der Waals surface area (Å²) in [5.41, 5.74) is 0.628. The van der Waals surface area contributed by atoms with Crippen LogP contribution in [0.1, 0.15) is 18.1 Å². The van der Waals surface area contributed by atoms with Gasteiger partial charge in [-0.25, -0.2) is 4.79 Å². The molecule has 0 radical (unpaired) electrons. The number of rotatable bonds is 4. The maximum absolute atomic E-state index is 11.3. The largest absolute Gasteiger partial charge is 0.507 e. The maximum Gasteiger partial charge on any atom is 0.379 e. The summed E-state index contributed by atoms with van der Waals surface area (Å²) in [6.45, 7) is 1.66. The number of hydrogen-bond acceptors (Lipinski definition) is 5. The number of hydrogen-bond donors (Lipinski definition) is 1. The second kappa shape index (κ2) is 6.21. The van der Waals surface area contributed by atoms with E-state index in [9.17, 15) is 14.7 Å². The third-order valence-electron chi connectivity index (χ3n) is 2.03. The quantitative estimate of drug-likeness (QED) is 0.376. The summed E-state index contributed by atoms with van der Waals surface area (Å²) >= 11 is 0. The first-order valence-electron chi connectivity index (χ1n) is 5.20. The Balaban J connectivity index is 2.92. The summed E-state index contributed by atoms with van der Waals surface area (Å²) in [6, 6.07) is 7.95. The first kappa shape index (κ1) is 13.5. The normalized spacial score (nSPS) is 10.6. The minimum Gasteiger partial charge on any atom is -0.507 e. The van der Waals surface area contributed by atoms with Crippen molar-refractivity contribution in [3.05, 3.63) is 41.5 Å². The zero-order valence-corrected chi connectivity index (χ0v) is 9.71. The number of ketones is 1. The molecule has 0 unspecified atom stereocenters. The van der Waals surface area contributed by atoms with Crippen LogP contribution >= 0.6 is 0 Å². The second-order valence-electron chi connectivity index (χ2n) is 3.31. The SMILES string of the molecule is CCOC(=O)C(=O)/C=C(\O)c1cccc(C#N)c1. The van der Waals surface area contributed by atoms with E-state index in [1.807, 2.05) is 6.07 Å². The number of ether oxygens (including phenoxy) is 1. The molecule has 0 fully saturated rings. The first-order chi connectivity index (χ1) is 8.58. The third kappa shape index (κ3) is 3.46. The smallest absolute Gasteiger partial charge is 0.379 e. The van der Waals surface area contributed by atoms with Gasteiger partial charge in [-0.15, -0.1) is 0 Å². The highest BCUT2D eigenvalue weighted by atomic mass is 16.5. The zero-order chi connectivity index (χ0) is 13.5. The van der Waals surface area contributed by atoms with Crippen molar-refractivity contribution in [2.24, 2.45) is 0 Å². The van der Waals surface area contributed by atoms with Crippen LogP contribution in [0.15, 0.2) is 30.3 Å². The summed E-state index contributed by atoms with van der Waals surface area (Å²) in [4.78, 5) is 22.3. The molecule has 1 aromatic carbocycles. The first-order valence-corrected chi connectivity index (χ1v) is 5.20. The van der Waals surface area contributed by atoms with Crippen molar-refractivity contribution < 1.29 is 19.4 Å². The maximum atomic E-state index is 11.3. The molecular weight excluding hydrogens is 234 g/mol. The molecule has 0 saturated heterocycles. The molecule has 18 heavy (non-hydrogen) atoms. The number of benzene rings is 1. The van der Waals surface area contributed by atoms with Crippen LogP contribution in [0.25, 0.3) is 5.76 Å². The lowest BCUT2D eigenvalue weighted by Crippen LogP contribution is -2.15. The van der Waals surface area contributed by atoms with Gasteiger partial charge in [-0.3, -0.25) is 4.79 Å². The third-order valence-corrected chi connectivity index (χ3v) is 2.03. The monoisotopic (exact) mass is 245 g/mol. The Kier molecular flexibility index (Phi) is 4.64. The van der Waals surface area contributed by atoms with Crippen LogP contribution < -0.4 is 0 Å². The fourth-order valence-electron chi connectivity index (χ4n) is 1.22. The van der Waals surface area contributed by atoms with Gasteiger partial charge in [0.15, 0.2) is 0 Å². The molecule has 0 amide bonds. The van der Waals surface area contributed by atoms with Crippen LogP contribution in [-0.2, 0) is 14.3 Å². The van der Waals surface area contributed by atoms with E-state index in [1.165, 1.54) is 12.1 Å². The molecule has 0 heterocycles. The molecule has 0 bridgehead atoms. The summed E-state index contributed by atoms with van der Waals surface area (Å²) < 4.78 is 4.49. The number of nitrogens with zero attached hydrogens (tertiary/aromatic N) is 1. The van der Waals surface area contributed by atoms with Gasteiger partial charge in [-0.2, -0.15) is 5.26 Å². The van der Waals surface area contributed by atoms with E-state index in [4.69, 9.17) is 5.26 Å². The molecule has 92 valence electrons. The van der Waals surface area contributed by atoms with Crippen molar-refractivity contribution in [1.29, 1.82) is 5.26 Å². The van der Waals surface area contributed by atoms with E-state index in [1.54, 1.807) is 19.1 Å². The molecule has 1 rings (SSSR count). The van der Waals surface area contributed by atoms with E-state index < -0.39 is 11.8 Å². The van der Waals surface area contributed by atoms with Crippen molar-refractivity contribution >= 4 is 17.5 Å². The molecule has 0 aliphatic carbocycles. The number of aliphatic hydroxyl groups excluding tert-OH is 1. The van der Waals surface area contributed by atoms with Crippen molar-refractivity contribution in [3.8, 4) is 6.07 Å². The van der Waals surface area contributed by atoms with Crippen molar-refractivity contribution in [1.82, 2.24) is 0 Å². The molecule has 0 aromatic heterocycles. The molecule has 1 N–H and O–H groups in total. The van der Waals surface area contributed by atoms with Gasteiger partial charge in [0.1, 0.15) is 5.76 Å². The van der Waals surface area contributed by atoms with E-state index in [2.05, 4.69) is 4.74 Å². The number of carbonyl (C=O) groups excluding carboxylic acids is 2. The lowest BCUT2D eigenvalue weighted by atomic mass is 10.1. The van der Waals surface area contributed by atoms with Gasteiger partial charge in [-0.05, 0) is 19.1 Å². The lowest BCUT2D eigenvalue weighted by Gasteiger charge is -2.01. The fourth-order valence-corrected chi connectivity index (χ4v) is 1.22. The summed E-state index contributed by atoms with van der Waals surface area (Å²) in [7, 11) is 0. The fraction of sp³-hybridized carbons (Fsp3) is 0.154. The van der Waals surface area contributed by atoms with Crippen LogP contribution in [-0.4, -0.2) is 23.5 Å². The zero-order valence-electron chi connectivity index (χ0n) is 9.71. The van der Waals surface area contributed by atoms with Gasteiger partial charge >= 0.3 is 5.97 Å². The Bertz CT molecular complexity index is 540. The standard InChI is InChI=1S/C13H11NO4/c1-2-18-13(17)12(16)7-11(15)10-5-3-4-9(6-10)8-14/h3-7,15H,2H2,1H3/b11-7-. The van der Waals surface area contributed by atoms with Crippen LogP contribution in [0.2, 0.25) is 0 Å². The molecule has 0 aliphatic heterocycles. The van der Waals surface area contributed by atoms with E-state index in [-0.39, 0.29) is 17.9 Å². The van der Waals surface area contributed by atoms with E-state index >= 15 is 0 Å². The van der Waals surface area contributed by atoms with Gasteiger partial charge in [0.25, 0.3) is 5.78 Å². The number of esters is 1. The average Bonchev–Trinajstić information content (AvgIpc) is 2.39. The Morgan fingerprint density at radius 1 is 1.50 bits per heavy atom. The predicted molar refractivity (Wildman–Crippen MR) is 63.4 cm³/mol. The van der Waals surface area contributed by atoms with Crippen molar-refractivity contribution in [2.45, 2.75) is 6.92 Å².